The zero-order valence-corrected chi connectivity index (χ0v) is 4.91. The van der Waals surface area contributed by atoms with E-state index in [2.05, 4.69) is 21.9 Å². The van der Waals surface area contributed by atoms with Gasteiger partial charge in [-0.3, -0.25) is 4.98 Å². The van der Waals surface area contributed by atoms with Gasteiger partial charge in [-0.25, -0.2) is 4.98 Å². The summed E-state index contributed by atoms with van der Waals surface area (Å²) in [5.41, 5.74) is 0. The van der Waals surface area contributed by atoms with E-state index in [-0.39, 0.29) is 0 Å². The summed E-state index contributed by atoms with van der Waals surface area (Å²) in [4.78, 5) is 7.75. The van der Waals surface area contributed by atoms with Crippen molar-refractivity contribution in [3.05, 3.63) is 31.4 Å². The Bertz CT molecular complexity index is 183. The van der Waals surface area contributed by atoms with Crippen LogP contribution < -0.4 is 5.32 Å². The highest BCUT2D eigenvalue weighted by atomic mass is 15.0. The molecule has 0 aromatic carbocycles. The molecular weight excluding hydrogens is 114 g/mol. The Morgan fingerprint density at radius 2 is 2.44 bits per heavy atom. The molecule has 0 spiro atoms. The second-order valence-electron chi connectivity index (χ2n) is 1.44. The van der Waals surface area contributed by atoms with E-state index in [1.165, 1.54) is 0 Å². The lowest BCUT2D eigenvalue weighted by atomic mass is 10.6. The molecule has 1 aromatic heterocycles. The van der Waals surface area contributed by atoms with Gasteiger partial charge in [0.25, 0.3) is 0 Å². The molecule has 1 rings (SSSR count). The molecule has 0 radical (unpaired) electrons. The maximum atomic E-state index is 3.92. The smallest absolute Gasteiger partial charge is 0.148 e. The van der Waals surface area contributed by atoms with Gasteiger partial charge in [-0.1, -0.05) is 6.58 Å². The van der Waals surface area contributed by atoms with Gasteiger partial charge in [-0.2, -0.15) is 0 Å². The van der Waals surface area contributed by atoms with Crippen LogP contribution in [0.15, 0.2) is 31.4 Å². The van der Waals surface area contributed by atoms with E-state index in [1.54, 1.807) is 24.8 Å². The van der Waals surface area contributed by atoms with Crippen molar-refractivity contribution in [3.63, 3.8) is 0 Å². The van der Waals surface area contributed by atoms with Gasteiger partial charge in [-0.15, -0.1) is 0 Å². The van der Waals surface area contributed by atoms with Crippen molar-refractivity contribution in [2.24, 2.45) is 0 Å². The molecule has 1 aromatic rings. The Labute approximate surface area is 53.5 Å². The van der Waals surface area contributed by atoms with Gasteiger partial charge >= 0.3 is 0 Å². The van der Waals surface area contributed by atoms with Crippen LogP contribution in [0, 0.1) is 0 Å². The minimum Gasteiger partial charge on any atom is -0.346 e. The SMILES string of the molecule is C=CNc1cnccn1. The fourth-order valence-corrected chi connectivity index (χ4v) is 0.478. The maximum Gasteiger partial charge on any atom is 0.148 e. The highest BCUT2D eigenvalue weighted by Crippen LogP contribution is 1.94. The average Bonchev–Trinajstić information content (AvgIpc) is 1.91. The van der Waals surface area contributed by atoms with Crippen molar-refractivity contribution in [2.75, 3.05) is 5.32 Å². The molecule has 0 saturated heterocycles. The first-order valence-electron chi connectivity index (χ1n) is 2.57. The van der Waals surface area contributed by atoms with Crippen molar-refractivity contribution in [2.45, 2.75) is 0 Å². The molecule has 1 N–H and O–H groups in total. The van der Waals surface area contributed by atoms with Gasteiger partial charge in [0.05, 0.1) is 6.20 Å². The van der Waals surface area contributed by atoms with E-state index in [9.17, 15) is 0 Å². The van der Waals surface area contributed by atoms with Crippen molar-refractivity contribution in [1.29, 1.82) is 0 Å². The van der Waals surface area contributed by atoms with Crippen LogP contribution >= 0.6 is 0 Å². The summed E-state index contributed by atoms with van der Waals surface area (Å²) in [5, 5.41) is 2.80. The Morgan fingerprint density at radius 3 is 3.00 bits per heavy atom. The van der Waals surface area contributed by atoms with Gasteiger partial charge in [0.2, 0.25) is 0 Å². The minimum atomic E-state index is 0.715. The maximum absolute atomic E-state index is 3.92. The van der Waals surface area contributed by atoms with Crippen LogP contribution in [0.25, 0.3) is 0 Å². The summed E-state index contributed by atoms with van der Waals surface area (Å²) in [6.45, 7) is 3.48. The second kappa shape index (κ2) is 2.81. The third kappa shape index (κ3) is 1.53. The highest BCUT2D eigenvalue weighted by Gasteiger charge is 1.82. The normalized spacial score (nSPS) is 8.44. The van der Waals surface area contributed by atoms with Crippen LogP contribution in [0.5, 0.6) is 0 Å². The molecule has 46 valence electrons. The van der Waals surface area contributed by atoms with Crippen LogP contribution in [-0.4, -0.2) is 9.97 Å². The molecule has 1 heterocycles. The summed E-state index contributed by atoms with van der Waals surface area (Å²) >= 11 is 0. The van der Waals surface area contributed by atoms with Crippen LogP contribution in [0.4, 0.5) is 5.82 Å². The molecule has 0 bridgehead atoms. The molecule has 9 heavy (non-hydrogen) atoms. The number of nitrogens with zero attached hydrogens (tertiary/aromatic N) is 2. The lowest BCUT2D eigenvalue weighted by molar-refractivity contribution is 1.20. The van der Waals surface area contributed by atoms with Crippen LogP contribution in [0.3, 0.4) is 0 Å². The summed E-state index contributed by atoms with van der Waals surface area (Å²) in [6.07, 6.45) is 6.42. The lowest BCUT2D eigenvalue weighted by Crippen LogP contribution is -1.89. The van der Waals surface area contributed by atoms with Crippen molar-refractivity contribution < 1.29 is 0 Å². The lowest BCUT2D eigenvalue weighted by Gasteiger charge is -1.93. The fourth-order valence-electron chi connectivity index (χ4n) is 0.478. The number of anilines is 1. The van der Waals surface area contributed by atoms with E-state index < -0.39 is 0 Å². The van der Waals surface area contributed by atoms with Gasteiger partial charge in [-0.05, 0) is 6.20 Å². The molecule has 0 atom stereocenters. The molecule has 0 fully saturated rings. The number of rotatable bonds is 2. The highest BCUT2D eigenvalue weighted by molar-refractivity contribution is 5.32. The van der Waals surface area contributed by atoms with Crippen molar-refractivity contribution in [1.82, 2.24) is 9.97 Å². The third-order valence-electron chi connectivity index (χ3n) is 0.813. The third-order valence-corrected chi connectivity index (χ3v) is 0.813. The van der Waals surface area contributed by atoms with Crippen LogP contribution in [0.1, 0.15) is 0 Å². The van der Waals surface area contributed by atoms with Gasteiger partial charge < -0.3 is 5.32 Å². The van der Waals surface area contributed by atoms with Gasteiger partial charge in [0.1, 0.15) is 5.82 Å². The first kappa shape index (κ1) is 5.75. The Hall–Kier alpha value is -1.38. The zero-order chi connectivity index (χ0) is 6.53. The number of nitrogens with one attached hydrogen (secondary N) is 1. The number of hydrogen-bond acceptors (Lipinski definition) is 3. The number of hydrogen-bond donors (Lipinski definition) is 1. The largest absolute Gasteiger partial charge is 0.346 e. The molecule has 3 heteroatoms. The summed E-state index contributed by atoms with van der Waals surface area (Å²) in [7, 11) is 0. The Kier molecular flexibility index (Phi) is 1.80. The van der Waals surface area contributed by atoms with Crippen molar-refractivity contribution in [3.8, 4) is 0 Å². The van der Waals surface area contributed by atoms with E-state index in [0.717, 1.165) is 0 Å². The Balaban J connectivity index is 2.72. The molecule has 0 saturated carbocycles. The summed E-state index contributed by atoms with van der Waals surface area (Å²) in [5.74, 6) is 0.715. The minimum absolute atomic E-state index is 0.715. The van der Waals surface area contributed by atoms with Gasteiger partial charge in [0, 0.05) is 12.4 Å². The van der Waals surface area contributed by atoms with E-state index in [0.29, 0.717) is 5.82 Å². The molecule has 0 unspecified atom stereocenters. The van der Waals surface area contributed by atoms with Crippen molar-refractivity contribution >= 4 is 5.82 Å². The standard InChI is InChI=1S/C6H7N3/c1-2-8-6-5-7-3-4-9-6/h2-5H,1H2,(H,8,9). The molecule has 0 aliphatic carbocycles. The first-order valence-corrected chi connectivity index (χ1v) is 2.57. The topological polar surface area (TPSA) is 37.8 Å². The predicted molar refractivity (Wildman–Crippen MR) is 35.9 cm³/mol. The van der Waals surface area contributed by atoms with E-state index in [4.69, 9.17) is 0 Å². The van der Waals surface area contributed by atoms with Gasteiger partial charge in [0.15, 0.2) is 0 Å². The average molecular weight is 121 g/mol. The second-order valence-corrected chi connectivity index (χ2v) is 1.44. The van der Waals surface area contributed by atoms with E-state index in [1.807, 2.05) is 0 Å². The van der Waals surface area contributed by atoms with E-state index >= 15 is 0 Å². The predicted octanol–water partition coefficient (Wildman–Crippen LogP) is 1.03. The summed E-state index contributed by atoms with van der Waals surface area (Å²) < 4.78 is 0. The molecule has 0 aliphatic heterocycles. The zero-order valence-electron chi connectivity index (χ0n) is 4.91. The van der Waals surface area contributed by atoms with Crippen LogP contribution in [0.2, 0.25) is 0 Å². The molecular formula is C6H7N3. The van der Waals surface area contributed by atoms with Crippen LogP contribution in [-0.2, 0) is 0 Å². The molecule has 0 aliphatic rings. The summed E-state index contributed by atoms with van der Waals surface area (Å²) in [6, 6.07) is 0. The molecule has 3 nitrogen and oxygen atoms in total. The monoisotopic (exact) mass is 121 g/mol. The quantitative estimate of drug-likeness (QED) is 0.635. The Morgan fingerprint density at radius 1 is 1.56 bits per heavy atom. The first-order chi connectivity index (χ1) is 4.43. The fraction of sp³-hybridized carbons (Fsp3) is 0. The molecule has 0 amide bonds. The number of aromatic nitrogens is 2.